The third-order valence-corrected chi connectivity index (χ3v) is 3.85. The van der Waals surface area contributed by atoms with Crippen LogP contribution in [0.1, 0.15) is 46.0 Å². The molecule has 0 heterocycles. The summed E-state index contributed by atoms with van der Waals surface area (Å²) >= 11 is 0. The molecular weight excluding hydrogens is 254 g/mol. The Kier molecular flexibility index (Phi) is 7.59. The van der Waals surface area contributed by atoms with Gasteiger partial charge in [0.1, 0.15) is 0 Å². The molecule has 2 atom stereocenters. The topological polar surface area (TPSA) is 84.2 Å². The molecule has 20 heavy (non-hydrogen) atoms. The number of carbonyl (C=O) groups is 2. The lowest BCUT2D eigenvalue weighted by molar-refractivity contribution is -0.126. The molecule has 0 aromatic rings. The van der Waals surface area contributed by atoms with Gasteiger partial charge in [-0.25, -0.2) is 0 Å². The number of rotatable bonds is 7. The smallest absolute Gasteiger partial charge is 0.223 e. The van der Waals surface area contributed by atoms with Crippen LogP contribution in [0.4, 0.5) is 0 Å². The first-order chi connectivity index (χ1) is 9.52. The molecule has 5 heteroatoms. The van der Waals surface area contributed by atoms with E-state index in [1.807, 2.05) is 0 Å². The highest BCUT2D eigenvalue weighted by atomic mass is 16.2. The average Bonchev–Trinajstić information content (AvgIpc) is 2.45. The van der Waals surface area contributed by atoms with Crippen molar-refractivity contribution in [2.24, 2.45) is 23.5 Å². The minimum Gasteiger partial charge on any atom is -0.356 e. The van der Waals surface area contributed by atoms with Crippen molar-refractivity contribution < 1.29 is 9.59 Å². The van der Waals surface area contributed by atoms with Gasteiger partial charge in [0.15, 0.2) is 0 Å². The van der Waals surface area contributed by atoms with E-state index in [0.29, 0.717) is 37.9 Å². The Morgan fingerprint density at radius 1 is 1.25 bits per heavy atom. The van der Waals surface area contributed by atoms with Gasteiger partial charge in [0, 0.05) is 25.4 Å². The summed E-state index contributed by atoms with van der Waals surface area (Å²) in [6, 6.07) is 0. The lowest BCUT2D eigenvalue weighted by Crippen LogP contribution is -2.37. The van der Waals surface area contributed by atoms with Crippen molar-refractivity contribution in [3.63, 3.8) is 0 Å². The van der Waals surface area contributed by atoms with E-state index in [1.54, 1.807) is 0 Å². The zero-order valence-electron chi connectivity index (χ0n) is 12.8. The Morgan fingerprint density at radius 2 is 2.00 bits per heavy atom. The van der Waals surface area contributed by atoms with Crippen molar-refractivity contribution in [3.8, 4) is 0 Å². The highest BCUT2D eigenvalue weighted by Gasteiger charge is 2.26. The lowest BCUT2D eigenvalue weighted by Gasteiger charge is -2.27. The number of amides is 2. The second-order valence-electron chi connectivity index (χ2n) is 6.20. The predicted octanol–water partition coefficient (Wildman–Crippen LogP) is 1.03. The Bertz CT molecular complexity index is 318. The van der Waals surface area contributed by atoms with Gasteiger partial charge in [0.25, 0.3) is 0 Å². The molecule has 1 aliphatic rings. The number of hydrogen-bond donors (Lipinski definition) is 3. The molecule has 0 aliphatic heterocycles. The summed E-state index contributed by atoms with van der Waals surface area (Å²) in [5.41, 5.74) is 5.68. The van der Waals surface area contributed by atoms with Crippen LogP contribution in [-0.4, -0.2) is 31.4 Å². The van der Waals surface area contributed by atoms with Gasteiger partial charge in [-0.15, -0.1) is 0 Å². The standard InChI is InChI=1S/C15H29N3O2/c1-11(2)10-18-14(19)6-7-17-15(20)13-5-3-4-12(8-13)9-16/h11-13H,3-10,16H2,1-2H3,(H,17,20)(H,18,19). The van der Waals surface area contributed by atoms with E-state index in [2.05, 4.69) is 24.5 Å². The van der Waals surface area contributed by atoms with E-state index in [9.17, 15) is 9.59 Å². The van der Waals surface area contributed by atoms with Crippen molar-refractivity contribution in [1.82, 2.24) is 10.6 Å². The van der Waals surface area contributed by atoms with Crippen LogP contribution < -0.4 is 16.4 Å². The van der Waals surface area contributed by atoms with E-state index in [0.717, 1.165) is 25.7 Å². The SMILES string of the molecule is CC(C)CNC(=O)CCNC(=O)C1CCCC(CN)C1. The van der Waals surface area contributed by atoms with Gasteiger partial charge < -0.3 is 16.4 Å². The molecule has 0 radical (unpaired) electrons. The van der Waals surface area contributed by atoms with Crippen molar-refractivity contribution in [1.29, 1.82) is 0 Å². The molecule has 1 rings (SSSR count). The summed E-state index contributed by atoms with van der Waals surface area (Å²) in [5, 5.41) is 5.72. The molecule has 2 unspecified atom stereocenters. The fraction of sp³-hybridized carbons (Fsp3) is 0.867. The number of nitrogens with two attached hydrogens (primary N) is 1. The zero-order valence-corrected chi connectivity index (χ0v) is 12.8. The summed E-state index contributed by atoms with van der Waals surface area (Å²) in [6.07, 6.45) is 4.40. The predicted molar refractivity (Wildman–Crippen MR) is 80.0 cm³/mol. The summed E-state index contributed by atoms with van der Waals surface area (Å²) in [6.45, 7) is 5.89. The maximum Gasteiger partial charge on any atom is 0.223 e. The molecular formula is C15H29N3O2. The van der Waals surface area contributed by atoms with Crippen LogP contribution in [0.3, 0.4) is 0 Å². The lowest BCUT2D eigenvalue weighted by atomic mass is 9.81. The van der Waals surface area contributed by atoms with E-state index >= 15 is 0 Å². The molecule has 4 N–H and O–H groups in total. The van der Waals surface area contributed by atoms with Crippen LogP contribution in [0.15, 0.2) is 0 Å². The minimum atomic E-state index is 0.00230. The Hall–Kier alpha value is -1.10. The van der Waals surface area contributed by atoms with Gasteiger partial charge in [-0.1, -0.05) is 20.3 Å². The monoisotopic (exact) mass is 283 g/mol. The first-order valence-electron chi connectivity index (χ1n) is 7.77. The first-order valence-corrected chi connectivity index (χ1v) is 7.77. The Morgan fingerprint density at radius 3 is 2.65 bits per heavy atom. The van der Waals surface area contributed by atoms with Crippen molar-refractivity contribution in [3.05, 3.63) is 0 Å². The normalized spacial score (nSPS) is 22.6. The molecule has 5 nitrogen and oxygen atoms in total. The van der Waals surface area contributed by atoms with Crippen LogP contribution in [-0.2, 0) is 9.59 Å². The highest BCUT2D eigenvalue weighted by Crippen LogP contribution is 2.28. The van der Waals surface area contributed by atoms with Crippen LogP contribution in [0.5, 0.6) is 0 Å². The number of nitrogens with one attached hydrogen (secondary N) is 2. The molecule has 1 saturated carbocycles. The summed E-state index contributed by atoms with van der Waals surface area (Å²) < 4.78 is 0. The van der Waals surface area contributed by atoms with Crippen LogP contribution >= 0.6 is 0 Å². The third kappa shape index (κ3) is 6.37. The molecule has 0 aromatic heterocycles. The molecule has 1 fully saturated rings. The van der Waals surface area contributed by atoms with Gasteiger partial charge in [-0.3, -0.25) is 9.59 Å². The number of hydrogen-bond acceptors (Lipinski definition) is 3. The summed E-state index contributed by atoms with van der Waals surface area (Å²) in [4.78, 5) is 23.5. The van der Waals surface area contributed by atoms with Gasteiger partial charge in [0.2, 0.25) is 11.8 Å². The molecule has 0 aromatic carbocycles. The Labute approximate surface area is 122 Å². The van der Waals surface area contributed by atoms with E-state index in [1.165, 1.54) is 0 Å². The molecule has 2 amide bonds. The summed E-state index contributed by atoms with van der Waals surface area (Å²) in [5.74, 6) is 1.09. The molecule has 1 aliphatic carbocycles. The first kappa shape index (κ1) is 17.0. The van der Waals surface area contributed by atoms with Crippen LogP contribution in [0.2, 0.25) is 0 Å². The molecule has 116 valence electrons. The van der Waals surface area contributed by atoms with Crippen LogP contribution in [0, 0.1) is 17.8 Å². The Balaban J connectivity index is 2.17. The van der Waals surface area contributed by atoms with E-state index in [4.69, 9.17) is 5.73 Å². The number of carbonyl (C=O) groups excluding carboxylic acids is 2. The van der Waals surface area contributed by atoms with E-state index in [-0.39, 0.29) is 17.7 Å². The van der Waals surface area contributed by atoms with Crippen molar-refractivity contribution in [2.75, 3.05) is 19.6 Å². The van der Waals surface area contributed by atoms with Gasteiger partial charge in [-0.05, 0) is 37.6 Å². The zero-order chi connectivity index (χ0) is 15.0. The van der Waals surface area contributed by atoms with Crippen LogP contribution in [0.25, 0.3) is 0 Å². The quantitative estimate of drug-likeness (QED) is 0.652. The van der Waals surface area contributed by atoms with Gasteiger partial charge in [0.05, 0.1) is 0 Å². The van der Waals surface area contributed by atoms with Gasteiger partial charge >= 0.3 is 0 Å². The molecule has 0 spiro atoms. The molecule has 0 bridgehead atoms. The highest BCUT2D eigenvalue weighted by molar-refractivity contribution is 5.80. The fourth-order valence-electron chi connectivity index (χ4n) is 2.59. The third-order valence-electron chi connectivity index (χ3n) is 3.85. The van der Waals surface area contributed by atoms with Crippen molar-refractivity contribution >= 4 is 11.8 Å². The maximum atomic E-state index is 12.0. The summed E-state index contributed by atoms with van der Waals surface area (Å²) in [7, 11) is 0. The average molecular weight is 283 g/mol. The largest absolute Gasteiger partial charge is 0.356 e. The fourth-order valence-corrected chi connectivity index (χ4v) is 2.59. The molecule has 0 saturated heterocycles. The minimum absolute atomic E-state index is 0.00230. The second kappa shape index (κ2) is 8.95. The van der Waals surface area contributed by atoms with Gasteiger partial charge in [-0.2, -0.15) is 0 Å². The maximum absolute atomic E-state index is 12.0. The second-order valence-corrected chi connectivity index (χ2v) is 6.20. The van der Waals surface area contributed by atoms with Crippen molar-refractivity contribution in [2.45, 2.75) is 46.0 Å². The van der Waals surface area contributed by atoms with E-state index < -0.39 is 0 Å².